The highest BCUT2D eigenvalue weighted by atomic mass is 79.9. The van der Waals surface area contributed by atoms with Crippen LogP contribution < -0.4 is 42.5 Å². The van der Waals surface area contributed by atoms with E-state index in [-0.39, 0.29) is 89.1 Å². The van der Waals surface area contributed by atoms with E-state index in [9.17, 15) is 52.2 Å². The number of pyridine rings is 1. The van der Waals surface area contributed by atoms with Crippen molar-refractivity contribution in [3.05, 3.63) is 210 Å². The maximum absolute atomic E-state index is 14.4. The zero-order chi connectivity index (χ0) is 95.7. The number of esters is 4. The van der Waals surface area contributed by atoms with Gasteiger partial charge in [-0.05, 0) is 287 Å². The lowest BCUT2D eigenvalue weighted by atomic mass is 9.54. The Morgan fingerprint density at radius 1 is 0.674 bits per heavy atom. The number of aromatic nitrogens is 7. The Morgan fingerprint density at radius 2 is 1.22 bits per heavy atom. The number of allylic oxidation sites excluding steroid dienone is 5. The van der Waals surface area contributed by atoms with Crippen LogP contribution in [0.4, 0.5) is 8.78 Å². The lowest BCUT2D eigenvalue weighted by Crippen LogP contribution is -3.00. The van der Waals surface area contributed by atoms with Crippen molar-refractivity contribution in [2.45, 2.75) is 241 Å². The molecule has 7 fully saturated rings. The fourth-order valence-electron chi connectivity index (χ4n) is 17.5. The maximum Gasteiger partial charge on any atom is 0.339 e. The average molecular weight is 1990 g/mol. The first-order valence-electron chi connectivity index (χ1n) is 45.0. The SMILES string of the molecule is C=CC(OCC)OCC.CC(C)(C)OC(=O)/C=C/CBr.CC(C)(C)OC(=O)/C=C/C[P+](c1ccccc1)(c1ccccc1)c1ccccc1.CC(C)(C)OC(=O)C12CCC(CC1)CC2C(=O)On1nnc2cccnc21.CC(C)(C)OC(=O)C1=CC=CCC1.Cn1nnc(COc2ccc(Cl)c3c2[C@@H](CN2CCCC2=O)N(C(=O)[C@@H]2CC4CCC2(C(=O)O)CC4)CC3)c1C(F)F.[Br-]. The van der Waals surface area contributed by atoms with Gasteiger partial charge in [0.15, 0.2) is 6.29 Å². The summed E-state index contributed by atoms with van der Waals surface area (Å²) in [6.07, 6.45) is 23.6. The molecule has 4 aromatic carbocycles. The van der Waals surface area contributed by atoms with E-state index in [0.717, 1.165) is 65.4 Å². The molecule has 4 bridgehead atoms. The van der Waals surface area contributed by atoms with E-state index in [1.165, 1.54) is 29.0 Å². The van der Waals surface area contributed by atoms with E-state index in [0.29, 0.717) is 129 Å². The Balaban J connectivity index is 0.000000211. The Labute approximate surface area is 798 Å². The lowest BCUT2D eigenvalue weighted by Gasteiger charge is -2.51. The number of carbonyl (C=O) groups is 8. The highest BCUT2D eigenvalue weighted by Crippen LogP contribution is 2.58. The molecule has 2 amide bonds. The van der Waals surface area contributed by atoms with Gasteiger partial charge in [0.05, 0.1) is 34.9 Å². The minimum absolute atomic E-state index is 0. The standard InChI is InChI=1S/C29H34ClF2N5O5.C26H28O2P.C19H24N4O4.C11H16O2.C8H13BrO2.C7H14O2.BrH/c1-35-25(26(31)32)20(33-34-35)15-42-22-5-4-19(30)17-8-12-37(21(24(17)22)14-36-11-2-3-23(36)38)27(39)18-13-16-6-9-29(18,10-7-16)28(40)41;1-26(2,3)28-25(27)20-13-21-29(22-14-7-4-8-15-22,23-16-9-5-10-17-23)24-18-11-6-12-19-24;1-18(2,3)26-17(25)19-8-6-12(7-9-19)11-13(19)16(24)27-23-15-14(21-22-23)5-4-10-20-15;1-11(2,3)13-10(12)9-7-5-4-6-8-9;1-8(2,3)11-7(10)5-4-6-9;1-4-7(8-5-2)9-6-3;/h4-5,16,18,21,26H,2-3,6-15H2,1H3,(H,40,41);4-20H,21H2,1-3H3;4-5,10,12-13H,6-9,11H2,1-3H3;4-5,7H,6,8H2,1-3H3;4-5H,6H2,1-3H3;4,7H,1,5-6H2,2-3H3;1H/q;+1;;;;;/p-1/b;20-13+;;;5-4+;;/t16?,18-,21+,29?;;;;;;/m0....../s1. The van der Waals surface area contributed by atoms with Crippen molar-refractivity contribution in [2.24, 2.45) is 41.5 Å². The fraction of sp³-hybridized carbons (Fsp3) is 0.510. The molecule has 9 aliphatic rings. The molecule has 0 spiro atoms. The van der Waals surface area contributed by atoms with E-state index in [1.54, 1.807) is 58.5 Å². The summed E-state index contributed by atoms with van der Waals surface area (Å²) in [7, 11) is -0.570. The number of aliphatic carboxylic acids is 1. The molecule has 1 N–H and O–H groups in total. The monoisotopic (exact) mass is 1990 g/mol. The topological polar surface area (TPSA) is 311 Å². The molecule has 32 heteroatoms. The van der Waals surface area contributed by atoms with Crippen molar-refractivity contribution in [3.63, 3.8) is 0 Å². The molecular weight excluding hydrogens is 1860 g/mol. The summed E-state index contributed by atoms with van der Waals surface area (Å²) < 4.78 is 66.0. The van der Waals surface area contributed by atoms with Gasteiger partial charge in [-0.3, -0.25) is 19.2 Å². The van der Waals surface area contributed by atoms with Crippen molar-refractivity contribution in [2.75, 3.05) is 44.3 Å². The zero-order valence-corrected chi connectivity index (χ0v) is 83.3. The zero-order valence-electron chi connectivity index (χ0n) is 78.5. The Hall–Kier alpha value is -9.71. The van der Waals surface area contributed by atoms with Gasteiger partial charge in [-0.15, -0.1) is 10.2 Å². The predicted octanol–water partition coefficient (Wildman–Crippen LogP) is 15.0. The first-order valence-corrected chi connectivity index (χ1v) is 48.5. The van der Waals surface area contributed by atoms with E-state index in [2.05, 4.69) is 121 Å². The van der Waals surface area contributed by atoms with Crippen molar-refractivity contribution in [1.82, 2.24) is 44.9 Å². The van der Waals surface area contributed by atoms with Crippen molar-refractivity contribution >= 4 is 110 Å². The average Bonchev–Trinajstić information content (AvgIpc) is 0.771. The van der Waals surface area contributed by atoms with Crippen molar-refractivity contribution < 1.29 is 107 Å². The number of amides is 2. The Bertz CT molecular complexity index is 5050. The summed E-state index contributed by atoms with van der Waals surface area (Å²) >= 11 is 9.82. The third-order valence-electron chi connectivity index (χ3n) is 23.5. The predicted molar refractivity (Wildman–Crippen MR) is 504 cm³/mol. The van der Waals surface area contributed by atoms with Gasteiger partial charge in [0, 0.05) is 86.2 Å². The van der Waals surface area contributed by atoms with Gasteiger partial charge in [0.25, 0.3) is 6.43 Å². The highest BCUT2D eigenvalue weighted by molar-refractivity contribution is 9.09. The van der Waals surface area contributed by atoms with Gasteiger partial charge in [-0.2, -0.15) is 0 Å². The van der Waals surface area contributed by atoms with Crippen molar-refractivity contribution in [3.8, 4) is 5.75 Å². The molecule has 0 radical (unpaired) electrons. The van der Waals surface area contributed by atoms with Gasteiger partial charge in [0.2, 0.25) is 17.5 Å². The van der Waals surface area contributed by atoms with Crippen LogP contribution in [0.2, 0.25) is 5.02 Å². The first kappa shape index (κ1) is 108. The van der Waals surface area contributed by atoms with Crippen LogP contribution in [0.3, 0.4) is 0 Å². The molecule has 716 valence electrons. The smallest absolute Gasteiger partial charge is 0.339 e. The van der Waals surface area contributed by atoms with Gasteiger partial charge < -0.3 is 69.9 Å². The quantitative estimate of drug-likeness (QED) is 0.00812. The van der Waals surface area contributed by atoms with Gasteiger partial charge in [-0.25, -0.2) is 37.6 Å². The molecule has 26 nitrogen and oxygen atoms in total. The number of halogens is 5. The van der Waals surface area contributed by atoms with Gasteiger partial charge >= 0.3 is 35.8 Å². The summed E-state index contributed by atoms with van der Waals surface area (Å²) in [5.41, 5.74) is -1.06. The Kier molecular flexibility index (Phi) is 39.9. The number of carbonyl (C=O) groups excluding carboxylic acids is 7. The normalized spacial score (nSPS) is 20.2. The minimum atomic E-state index is -2.79. The number of alkyl halides is 3. The number of carboxylic acid groups (broad SMARTS) is 1. The number of hydrogen-bond donors (Lipinski definition) is 1. The number of aryl methyl sites for hydroxylation is 1. The molecule has 6 saturated carbocycles. The molecule has 1 unspecified atom stereocenters. The summed E-state index contributed by atoms with van der Waals surface area (Å²) in [5, 5.41) is 30.7. The summed E-state index contributed by atoms with van der Waals surface area (Å²) in [6.45, 7) is 31.9. The van der Waals surface area contributed by atoms with Crippen LogP contribution in [0, 0.1) is 34.5 Å². The number of hydrogen-bond acceptors (Lipinski definition) is 21. The van der Waals surface area contributed by atoms with Crippen LogP contribution in [0.15, 0.2) is 182 Å². The molecule has 5 heterocycles. The molecule has 3 aromatic heterocycles. The maximum atomic E-state index is 14.4. The van der Waals surface area contributed by atoms with Gasteiger partial charge in [0.1, 0.15) is 74.8 Å². The second-order valence-corrected chi connectivity index (χ2v) is 41.9. The third kappa shape index (κ3) is 29.4. The highest BCUT2D eigenvalue weighted by Gasteiger charge is 2.60. The van der Waals surface area contributed by atoms with E-state index in [1.807, 2.05) is 139 Å². The van der Waals surface area contributed by atoms with E-state index >= 15 is 0 Å². The number of benzene rings is 4. The van der Waals surface area contributed by atoms with Crippen LogP contribution in [0.1, 0.15) is 222 Å². The summed E-state index contributed by atoms with van der Waals surface area (Å²) in [6, 6.07) is 38.1. The molecule has 3 atom stereocenters. The van der Waals surface area contributed by atoms with Crippen LogP contribution in [-0.4, -0.2) is 171 Å². The van der Waals surface area contributed by atoms with E-state index < -0.39 is 71.1 Å². The summed E-state index contributed by atoms with van der Waals surface area (Å²) in [4.78, 5) is 115. The van der Waals surface area contributed by atoms with Crippen LogP contribution >= 0.6 is 34.8 Å². The Morgan fingerprint density at radius 3 is 1.71 bits per heavy atom. The molecule has 2 aliphatic heterocycles. The van der Waals surface area contributed by atoms with Crippen LogP contribution in [-0.2, 0) is 86.9 Å². The number of nitrogens with zero attached hydrogens (tertiary/aromatic N) is 9. The molecule has 132 heavy (non-hydrogen) atoms. The molecule has 7 aliphatic carbocycles. The second-order valence-electron chi connectivity index (χ2n) is 37.3. The van der Waals surface area contributed by atoms with Gasteiger partial charge in [-0.1, -0.05) is 118 Å². The molecule has 7 aromatic rings. The number of likely N-dealkylation sites (tertiary alicyclic amines) is 1. The van der Waals surface area contributed by atoms with Crippen LogP contribution in [0.5, 0.6) is 5.75 Å². The first-order chi connectivity index (χ1) is 62.1. The summed E-state index contributed by atoms with van der Waals surface area (Å²) in [5.74, 6) is -2.78. The molecule has 1 saturated heterocycles. The van der Waals surface area contributed by atoms with E-state index in [4.69, 9.17) is 49.6 Å². The number of fused-ring (bicyclic) bond motifs is 8. The number of ether oxygens (including phenoxy) is 7. The lowest BCUT2D eigenvalue weighted by molar-refractivity contribution is -0.189. The largest absolute Gasteiger partial charge is 1.00 e. The minimum Gasteiger partial charge on any atom is -1.00 e. The number of rotatable bonds is 25. The van der Waals surface area contributed by atoms with Crippen molar-refractivity contribution in [1.29, 1.82) is 0 Å². The second kappa shape index (κ2) is 49.0. The molecular formula is C100H129Br2ClF2N9O17P. The molecule has 16 rings (SSSR count). The third-order valence-corrected chi connectivity index (χ3v) is 28.5. The fourth-order valence-corrected chi connectivity index (χ4v) is 22.0. The van der Waals surface area contributed by atoms with Crippen LogP contribution in [0.25, 0.3) is 11.2 Å². The number of carboxylic acids is 1.